The van der Waals surface area contributed by atoms with Crippen LogP contribution < -0.4 is 16.4 Å². The van der Waals surface area contributed by atoms with Crippen molar-refractivity contribution in [2.75, 3.05) is 19.7 Å². The lowest BCUT2D eigenvalue weighted by atomic mass is 10.00. The molecule has 1 aliphatic heterocycles. The molecule has 9 heteroatoms. The molecule has 2 atom stereocenters. The Morgan fingerprint density at radius 2 is 2.09 bits per heavy atom. The van der Waals surface area contributed by atoms with Crippen molar-refractivity contribution in [1.29, 1.82) is 5.26 Å². The zero-order chi connectivity index (χ0) is 23.4. The minimum atomic E-state index is -0.885. The predicted octanol–water partition coefficient (Wildman–Crippen LogP) is 2.26. The summed E-state index contributed by atoms with van der Waals surface area (Å²) in [6.45, 7) is 1.68. The van der Waals surface area contributed by atoms with Crippen molar-refractivity contribution in [2.45, 2.75) is 31.4 Å². The molecule has 2 heterocycles. The maximum atomic E-state index is 14.9. The number of benzene rings is 2. The van der Waals surface area contributed by atoms with E-state index in [4.69, 9.17) is 9.15 Å². The smallest absolute Gasteiger partial charge is 0.408 e. The Balaban J connectivity index is 1.47. The second kappa shape index (κ2) is 9.98. The van der Waals surface area contributed by atoms with E-state index in [1.807, 2.05) is 6.07 Å². The van der Waals surface area contributed by atoms with Crippen LogP contribution in [0.25, 0.3) is 22.2 Å². The lowest BCUT2D eigenvalue weighted by Crippen LogP contribution is -2.47. The number of hydrogen-bond donors (Lipinski definition) is 2. The van der Waals surface area contributed by atoms with E-state index in [2.05, 4.69) is 10.6 Å². The number of oxazole rings is 1. The van der Waals surface area contributed by atoms with E-state index in [0.717, 1.165) is 24.9 Å². The summed E-state index contributed by atoms with van der Waals surface area (Å²) in [5.74, 6) is -1.33. The second-order valence-electron chi connectivity index (χ2n) is 8.08. The van der Waals surface area contributed by atoms with Gasteiger partial charge in [-0.15, -0.1) is 0 Å². The zero-order valence-corrected chi connectivity index (χ0v) is 18.3. The highest BCUT2D eigenvalue weighted by Crippen LogP contribution is 2.26. The standard InChI is InChI=1S/C24H25FN4O4/c1-29-20-12-16(6-7-21(20)33-24(29)31)15-4-5-17(19(25)11-15)10-18(13-26)28-23(30)22-14-27-8-2-3-9-32-22/h4-7,11-12,18,22,27H,2-3,8-10,14H2,1H3,(H,28,30)/t18-,22-/m0/s1. The van der Waals surface area contributed by atoms with Crippen LogP contribution in [-0.2, 0) is 23.0 Å². The normalized spacial score (nSPS) is 17.7. The monoisotopic (exact) mass is 452 g/mol. The molecule has 1 fully saturated rings. The third kappa shape index (κ3) is 5.13. The lowest BCUT2D eigenvalue weighted by molar-refractivity contribution is -0.133. The third-order valence-corrected chi connectivity index (χ3v) is 5.76. The van der Waals surface area contributed by atoms with Gasteiger partial charge in [0.15, 0.2) is 5.58 Å². The molecule has 0 spiro atoms. The molecular weight excluding hydrogens is 427 g/mol. The van der Waals surface area contributed by atoms with Gasteiger partial charge in [0.1, 0.15) is 18.0 Å². The number of carbonyl (C=O) groups excluding carboxylic acids is 1. The highest BCUT2D eigenvalue weighted by atomic mass is 19.1. The van der Waals surface area contributed by atoms with Gasteiger partial charge in [-0.2, -0.15) is 5.26 Å². The highest BCUT2D eigenvalue weighted by Gasteiger charge is 2.23. The van der Waals surface area contributed by atoms with E-state index >= 15 is 0 Å². The average Bonchev–Trinajstić information content (AvgIpc) is 3.07. The number of ether oxygens (including phenoxy) is 1. The molecular formula is C24H25FN4O4. The van der Waals surface area contributed by atoms with Gasteiger partial charge in [0.25, 0.3) is 5.91 Å². The summed E-state index contributed by atoms with van der Waals surface area (Å²) in [6.07, 6.45) is 1.20. The number of rotatable bonds is 5. The van der Waals surface area contributed by atoms with Crippen molar-refractivity contribution < 1.29 is 18.3 Å². The van der Waals surface area contributed by atoms with Gasteiger partial charge in [-0.3, -0.25) is 9.36 Å². The molecule has 0 saturated carbocycles. The van der Waals surface area contributed by atoms with E-state index in [-0.39, 0.29) is 12.3 Å². The maximum Gasteiger partial charge on any atom is 0.419 e. The first kappa shape index (κ1) is 22.7. The first-order valence-electron chi connectivity index (χ1n) is 10.9. The van der Waals surface area contributed by atoms with Crippen molar-refractivity contribution in [3.05, 3.63) is 58.3 Å². The minimum Gasteiger partial charge on any atom is -0.408 e. The molecule has 1 saturated heterocycles. The van der Waals surface area contributed by atoms with Gasteiger partial charge in [0.2, 0.25) is 0 Å². The van der Waals surface area contributed by atoms with E-state index in [1.165, 1.54) is 10.6 Å². The molecule has 2 aromatic carbocycles. The fourth-order valence-corrected chi connectivity index (χ4v) is 3.85. The van der Waals surface area contributed by atoms with Gasteiger partial charge in [-0.1, -0.05) is 18.2 Å². The van der Waals surface area contributed by atoms with Gasteiger partial charge in [0.05, 0.1) is 11.6 Å². The highest BCUT2D eigenvalue weighted by molar-refractivity contribution is 5.82. The Morgan fingerprint density at radius 3 is 2.88 bits per heavy atom. The Hall–Kier alpha value is -3.48. The SMILES string of the molecule is Cn1c(=O)oc2ccc(-c3ccc(C[C@@H](C#N)NC(=O)[C@@H]4CNCCCCO4)c(F)c3)cc21. The number of aromatic nitrogens is 1. The molecule has 172 valence electrons. The molecule has 2 N–H and O–H groups in total. The summed E-state index contributed by atoms with van der Waals surface area (Å²) in [5, 5.41) is 15.3. The number of fused-ring (bicyclic) bond motifs is 1. The summed E-state index contributed by atoms with van der Waals surface area (Å²) in [5.41, 5.74) is 2.74. The quantitative estimate of drug-likeness (QED) is 0.615. The number of aryl methyl sites for hydroxylation is 1. The van der Waals surface area contributed by atoms with Crippen LogP contribution >= 0.6 is 0 Å². The van der Waals surface area contributed by atoms with Gasteiger partial charge >= 0.3 is 5.76 Å². The molecule has 0 bridgehead atoms. The number of amides is 1. The molecule has 1 aliphatic rings. The number of hydrogen-bond acceptors (Lipinski definition) is 6. The average molecular weight is 452 g/mol. The zero-order valence-electron chi connectivity index (χ0n) is 18.3. The maximum absolute atomic E-state index is 14.9. The molecule has 8 nitrogen and oxygen atoms in total. The van der Waals surface area contributed by atoms with Crippen LogP contribution in [0.15, 0.2) is 45.6 Å². The fourth-order valence-electron chi connectivity index (χ4n) is 3.85. The summed E-state index contributed by atoms with van der Waals surface area (Å²) < 4.78 is 27.0. The lowest BCUT2D eigenvalue weighted by Gasteiger charge is -2.22. The Bertz CT molecular complexity index is 1250. The van der Waals surface area contributed by atoms with Crippen LogP contribution in [-0.4, -0.2) is 42.3 Å². The molecule has 1 amide bonds. The molecule has 33 heavy (non-hydrogen) atoms. The van der Waals surface area contributed by atoms with Crippen LogP contribution in [0.2, 0.25) is 0 Å². The summed E-state index contributed by atoms with van der Waals surface area (Å²) in [6, 6.07) is 11.1. The van der Waals surface area contributed by atoms with Crippen molar-refractivity contribution in [2.24, 2.45) is 7.05 Å². The number of nitrogens with one attached hydrogen (secondary N) is 2. The Kier molecular flexibility index (Phi) is 6.87. The number of nitriles is 1. The molecule has 0 radical (unpaired) electrons. The number of halogens is 1. The molecule has 0 unspecified atom stereocenters. The van der Waals surface area contributed by atoms with Crippen LogP contribution in [0, 0.1) is 17.1 Å². The van der Waals surface area contributed by atoms with E-state index in [1.54, 1.807) is 37.4 Å². The van der Waals surface area contributed by atoms with Gasteiger partial charge in [-0.05, 0) is 54.3 Å². The third-order valence-electron chi connectivity index (χ3n) is 5.76. The predicted molar refractivity (Wildman–Crippen MR) is 120 cm³/mol. The van der Waals surface area contributed by atoms with Crippen molar-refractivity contribution in [1.82, 2.24) is 15.2 Å². The van der Waals surface area contributed by atoms with E-state index in [0.29, 0.717) is 35.4 Å². The van der Waals surface area contributed by atoms with Crippen molar-refractivity contribution in [3.8, 4) is 17.2 Å². The van der Waals surface area contributed by atoms with Crippen LogP contribution in [0.5, 0.6) is 0 Å². The van der Waals surface area contributed by atoms with Gasteiger partial charge in [0, 0.05) is 26.6 Å². The largest absolute Gasteiger partial charge is 0.419 e. The fraction of sp³-hybridized carbons (Fsp3) is 0.375. The summed E-state index contributed by atoms with van der Waals surface area (Å²) in [4.78, 5) is 24.2. The minimum absolute atomic E-state index is 0.0315. The second-order valence-corrected chi connectivity index (χ2v) is 8.08. The first-order chi connectivity index (χ1) is 16.0. The number of carbonyl (C=O) groups is 1. The molecule has 0 aliphatic carbocycles. The Labute approximate surface area is 189 Å². The van der Waals surface area contributed by atoms with E-state index in [9.17, 15) is 19.2 Å². The first-order valence-corrected chi connectivity index (χ1v) is 10.9. The molecule has 1 aromatic heterocycles. The molecule has 3 aromatic rings. The van der Waals surface area contributed by atoms with Crippen molar-refractivity contribution >= 4 is 17.0 Å². The van der Waals surface area contributed by atoms with Gasteiger partial charge < -0.3 is 19.8 Å². The summed E-state index contributed by atoms with van der Waals surface area (Å²) in [7, 11) is 1.61. The number of nitrogens with zero attached hydrogens (tertiary/aromatic N) is 2. The van der Waals surface area contributed by atoms with Crippen LogP contribution in [0.1, 0.15) is 18.4 Å². The van der Waals surface area contributed by atoms with Crippen molar-refractivity contribution in [3.63, 3.8) is 0 Å². The topological polar surface area (TPSA) is 109 Å². The van der Waals surface area contributed by atoms with E-state index < -0.39 is 23.7 Å². The van der Waals surface area contributed by atoms with Crippen LogP contribution in [0.3, 0.4) is 0 Å². The van der Waals surface area contributed by atoms with Crippen LogP contribution in [0.4, 0.5) is 4.39 Å². The van der Waals surface area contributed by atoms with Gasteiger partial charge in [-0.25, -0.2) is 9.18 Å². The molecule has 4 rings (SSSR count). The summed E-state index contributed by atoms with van der Waals surface area (Å²) >= 11 is 0. The Morgan fingerprint density at radius 1 is 1.30 bits per heavy atom.